The van der Waals surface area contributed by atoms with Gasteiger partial charge >= 0.3 is 6.03 Å². The number of imide groups is 1. The second-order valence-electron chi connectivity index (χ2n) is 6.84. The van der Waals surface area contributed by atoms with Crippen LogP contribution in [0, 0.1) is 0 Å². The molecule has 3 amide bonds. The van der Waals surface area contributed by atoms with Crippen LogP contribution in [0.25, 0.3) is 0 Å². The zero-order valence-corrected chi connectivity index (χ0v) is 14.5. The first-order valence-corrected chi connectivity index (χ1v) is 8.29. The molecule has 0 radical (unpaired) electrons. The predicted molar refractivity (Wildman–Crippen MR) is 92.9 cm³/mol. The van der Waals surface area contributed by atoms with Gasteiger partial charge in [0.05, 0.1) is 0 Å². The largest absolute Gasteiger partial charge is 0.345 e. The van der Waals surface area contributed by atoms with Gasteiger partial charge in [0.1, 0.15) is 11.6 Å². The summed E-state index contributed by atoms with van der Waals surface area (Å²) < 4.78 is 6.41. The molecule has 0 spiro atoms. The van der Waals surface area contributed by atoms with E-state index in [2.05, 4.69) is 0 Å². The van der Waals surface area contributed by atoms with Crippen LogP contribution < -0.4 is 0 Å². The Hall–Kier alpha value is -2.66. The number of carbonyl (C=O) groups excluding carboxylic acids is 2. The quantitative estimate of drug-likeness (QED) is 0.847. The van der Waals surface area contributed by atoms with Crippen LogP contribution in [0.15, 0.2) is 60.7 Å². The molecule has 2 saturated heterocycles. The van der Waals surface area contributed by atoms with Crippen molar-refractivity contribution < 1.29 is 14.3 Å². The average molecular weight is 336 g/mol. The van der Waals surface area contributed by atoms with Crippen LogP contribution in [0.5, 0.6) is 0 Å². The van der Waals surface area contributed by atoms with Gasteiger partial charge in [-0.25, -0.2) is 4.79 Å². The lowest BCUT2D eigenvalue weighted by molar-refractivity contribution is -0.296. The highest BCUT2D eigenvalue weighted by molar-refractivity contribution is 6.03. The van der Waals surface area contributed by atoms with Crippen molar-refractivity contribution in [1.29, 1.82) is 0 Å². The molecule has 2 atom stereocenters. The van der Waals surface area contributed by atoms with E-state index in [-0.39, 0.29) is 11.9 Å². The Morgan fingerprint density at radius 2 is 1.36 bits per heavy atom. The molecule has 0 N–H and O–H groups in total. The van der Waals surface area contributed by atoms with Gasteiger partial charge in [0.15, 0.2) is 5.60 Å². The molecule has 0 bridgehead atoms. The van der Waals surface area contributed by atoms with E-state index >= 15 is 0 Å². The summed E-state index contributed by atoms with van der Waals surface area (Å²) in [5, 5.41) is 0. The number of hydrogen-bond acceptors (Lipinski definition) is 3. The van der Waals surface area contributed by atoms with Gasteiger partial charge in [-0.3, -0.25) is 9.69 Å². The van der Waals surface area contributed by atoms with Crippen LogP contribution in [-0.2, 0) is 15.1 Å². The summed E-state index contributed by atoms with van der Waals surface area (Å²) in [4.78, 5) is 28.1. The molecule has 5 heteroatoms. The number of urea groups is 1. The Bertz CT molecular complexity index is 797. The van der Waals surface area contributed by atoms with Gasteiger partial charge in [0.25, 0.3) is 5.91 Å². The van der Waals surface area contributed by atoms with Gasteiger partial charge < -0.3 is 9.64 Å². The third-order valence-corrected chi connectivity index (χ3v) is 5.39. The maximum atomic E-state index is 12.8. The van der Waals surface area contributed by atoms with E-state index in [9.17, 15) is 9.59 Å². The second kappa shape index (κ2) is 5.17. The first-order chi connectivity index (χ1) is 11.9. The predicted octanol–water partition coefficient (Wildman–Crippen LogP) is 2.61. The van der Waals surface area contributed by atoms with E-state index in [1.807, 2.05) is 60.7 Å². The van der Waals surface area contributed by atoms with Crippen molar-refractivity contribution >= 4 is 11.9 Å². The van der Waals surface area contributed by atoms with Gasteiger partial charge in [-0.15, -0.1) is 0 Å². The zero-order chi connectivity index (χ0) is 17.8. The number of likely N-dealkylation sites (N-methyl/N-ethyl adjacent to an activating group) is 2. The van der Waals surface area contributed by atoms with E-state index in [0.717, 1.165) is 16.0 Å². The zero-order valence-electron chi connectivity index (χ0n) is 14.5. The number of ether oxygens (including phenoxy) is 1. The molecule has 0 saturated carbocycles. The lowest BCUT2D eigenvalue weighted by atomic mass is 9.65. The summed E-state index contributed by atoms with van der Waals surface area (Å²) in [6.07, 6.45) is 0. The molecule has 0 aromatic heterocycles. The summed E-state index contributed by atoms with van der Waals surface area (Å²) in [7, 11) is 3.23. The standard InChI is InChI=1S/C20H20N2O3/c1-19-16(21(2)18(24)22(3)17(19)23)20(25-19,14-10-6-4-7-11-14)15-12-8-5-9-13-15/h4-13,16H,1-3H3/t16-,19-/m1/s1. The molecule has 2 heterocycles. The normalized spacial score (nSPS) is 27.7. The summed E-state index contributed by atoms with van der Waals surface area (Å²) in [5.41, 5.74) is -0.0665. The molecule has 2 fully saturated rings. The van der Waals surface area contributed by atoms with Crippen LogP contribution in [0.1, 0.15) is 18.1 Å². The fourth-order valence-electron chi connectivity index (χ4n) is 4.32. The Kier molecular flexibility index (Phi) is 3.27. The van der Waals surface area contributed by atoms with Crippen molar-refractivity contribution in [3.8, 4) is 0 Å². The topological polar surface area (TPSA) is 49.9 Å². The fourth-order valence-corrected chi connectivity index (χ4v) is 4.32. The van der Waals surface area contributed by atoms with E-state index in [4.69, 9.17) is 4.74 Å². The highest BCUT2D eigenvalue weighted by Gasteiger charge is 2.73. The van der Waals surface area contributed by atoms with E-state index in [0.29, 0.717) is 0 Å². The Labute approximate surface area is 146 Å². The second-order valence-corrected chi connectivity index (χ2v) is 6.84. The van der Waals surface area contributed by atoms with Gasteiger partial charge in [-0.05, 0) is 18.1 Å². The fraction of sp³-hybridized carbons (Fsp3) is 0.300. The van der Waals surface area contributed by atoms with E-state index in [1.165, 1.54) is 7.05 Å². The minimum atomic E-state index is -1.07. The molecule has 4 rings (SSSR count). The van der Waals surface area contributed by atoms with Crippen LogP contribution >= 0.6 is 0 Å². The lowest BCUT2D eigenvalue weighted by Gasteiger charge is -2.65. The Morgan fingerprint density at radius 1 is 0.880 bits per heavy atom. The molecule has 128 valence electrons. The SMILES string of the molecule is CN1C(=O)N(C)[C@H]2C(c3ccccc3)(c3ccccc3)O[C@@]2(C)C1=O. The number of nitrogens with zero attached hydrogens (tertiary/aromatic N) is 2. The summed E-state index contributed by atoms with van der Waals surface area (Å²) in [5.74, 6) is -0.303. The van der Waals surface area contributed by atoms with Crippen LogP contribution in [0.3, 0.4) is 0 Å². The smallest absolute Gasteiger partial charge is 0.326 e. The maximum absolute atomic E-state index is 12.8. The maximum Gasteiger partial charge on any atom is 0.326 e. The van der Waals surface area contributed by atoms with E-state index < -0.39 is 17.2 Å². The highest BCUT2D eigenvalue weighted by Crippen LogP contribution is 2.56. The third-order valence-electron chi connectivity index (χ3n) is 5.39. The lowest BCUT2D eigenvalue weighted by Crippen LogP contribution is -2.83. The summed E-state index contributed by atoms with van der Waals surface area (Å²) >= 11 is 0. The van der Waals surface area contributed by atoms with Gasteiger partial charge in [-0.1, -0.05) is 60.7 Å². The first-order valence-electron chi connectivity index (χ1n) is 8.29. The van der Waals surface area contributed by atoms with Crippen molar-refractivity contribution in [2.45, 2.75) is 24.2 Å². The number of benzene rings is 2. The first kappa shape index (κ1) is 15.8. The highest BCUT2D eigenvalue weighted by atomic mass is 16.6. The molecular formula is C20H20N2O3. The minimum absolute atomic E-state index is 0.303. The van der Waals surface area contributed by atoms with Crippen molar-refractivity contribution in [3.05, 3.63) is 71.8 Å². The van der Waals surface area contributed by atoms with Crippen LogP contribution in [-0.4, -0.2) is 47.5 Å². The number of rotatable bonds is 2. The molecule has 5 nitrogen and oxygen atoms in total. The van der Waals surface area contributed by atoms with Gasteiger partial charge in [-0.2, -0.15) is 0 Å². The van der Waals surface area contributed by atoms with Crippen LogP contribution in [0.4, 0.5) is 4.79 Å². The Balaban J connectivity index is 1.93. The van der Waals surface area contributed by atoms with Gasteiger partial charge in [0, 0.05) is 14.1 Å². The average Bonchev–Trinajstić information content (AvgIpc) is 2.64. The molecule has 2 aromatic carbocycles. The monoisotopic (exact) mass is 336 g/mol. The molecule has 2 aliphatic heterocycles. The summed E-state index contributed by atoms with van der Waals surface area (Å²) in [6, 6.07) is 18.8. The van der Waals surface area contributed by atoms with Crippen LogP contribution in [0.2, 0.25) is 0 Å². The number of carbonyl (C=O) groups is 2. The summed E-state index contributed by atoms with van der Waals surface area (Å²) in [6.45, 7) is 1.77. The van der Waals surface area contributed by atoms with Gasteiger partial charge in [0.2, 0.25) is 0 Å². The molecule has 0 unspecified atom stereocenters. The number of hydrogen-bond donors (Lipinski definition) is 0. The molecule has 25 heavy (non-hydrogen) atoms. The van der Waals surface area contributed by atoms with Crippen molar-refractivity contribution in [1.82, 2.24) is 9.80 Å². The molecule has 2 aliphatic rings. The molecule has 2 aromatic rings. The third kappa shape index (κ3) is 1.87. The Morgan fingerprint density at radius 3 is 1.84 bits per heavy atom. The molecule has 0 aliphatic carbocycles. The van der Waals surface area contributed by atoms with Crippen molar-refractivity contribution in [3.63, 3.8) is 0 Å². The number of amides is 3. The number of fused-ring (bicyclic) bond motifs is 1. The minimum Gasteiger partial charge on any atom is -0.345 e. The van der Waals surface area contributed by atoms with Crippen molar-refractivity contribution in [2.24, 2.45) is 0 Å². The van der Waals surface area contributed by atoms with E-state index in [1.54, 1.807) is 18.9 Å². The van der Waals surface area contributed by atoms with Crippen molar-refractivity contribution in [2.75, 3.05) is 14.1 Å². The molecular weight excluding hydrogens is 316 g/mol.